The van der Waals surface area contributed by atoms with Gasteiger partial charge in [0, 0.05) is 0 Å². The smallest absolute Gasteiger partial charge is 0.339 e. The highest BCUT2D eigenvalue weighted by atomic mass is 16.4. The standard InChI is InChI=1S/C8H10O3/c1-3-5-7(9)6(4-2)8(10)11/h3-5H,1-2H3,(H,10,11)/b5-3+,6-4-. The van der Waals surface area contributed by atoms with Crippen molar-refractivity contribution in [2.24, 2.45) is 0 Å². The molecule has 0 saturated carbocycles. The predicted octanol–water partition coefficient (Wildman–Crippen LogP) is 1.16. The monoisotopic (exact) mass is 154 g/mol. The van der Waals surface area contributed by atoms with Gasteiger partial charge >= 0.3 is 5.97 Å². The Balaban J connectivity index is 4.55. The maximum Gasteiger partial charge on any atom is 0.339 e. The van der Waals surface area contributed by atoms with Crippen molar-refractivity contribution in [1.82, 2.24) is 0 Å². The second-order valence-electron chi connectivity index (χ2n) is 1.87. The van der Waals surface area contributed by atoms with Crippen LogP contribution in [0.5, 0.6) is 0 Å². The molecule has 0 unspecified atom stereocenters. The fraction of sp³-hybridized carbons (Fsp3) is 0.250. The van der Waals surface area contributed by atoms with Crippen LogP contribution >= 0.6 is 0 Å². The predicted molar refractivity (Wildman–Crippen MR) is 41.2 cm³/mol. The van der Waals surface area contributed by atoms with Gasteiger partial charge in [-0.15, -0.1) is 0 Å². The molecule has 0 aliphatic rings. The van der Waals surface area contributed by atoms with Crippen molar-refractivity contribution < 1.29 is 14.7 Å². The van der Waals surface area contributed by atoms with E-state index in [1.807, 2.05) is 0 Å². The second-order valence-corrected chi connectivity index (χ2v) is 1.87. The number of ketones is 1. The quantitative estimate of drug-likeness (QED) is 0.377. The first-order chi connectivity index (χ1) is 5.13. The Bertz CT molecular complexity index is 223. The molecule has 0 aliphatic carbocycles. The van der Waals surface area contributed by atoms with E-state index in [9.17, 15) is 9.59 Å². The van der Waals surface area contributed by atoms with E-state index in [0.717, 1.165) is 0 Å². The minimum absolute atomic E-state index is 0.192. The van der Waals surface area contributed by atoms with E-state index in [1.165, 1.54) is 25.2 Å². The van der Waals surface area contributed by atoms with Gasteiger partial charge in [0.25, 0.3) is 0 Å². The Labute approximate surface area is 65.0 Å². The number of hydrogen-bond donors (Lipinski definition) is 1. The summed E-state index contributed by atoms with van der Waals surface area (Å²) in [6.45, 7) is 3.18. The van der Waals surface area contributed by atoms with Gasteiger partial charge in [0.15, 0.2) is 5.78 Å². The van der Waals surface area contributed by atoms with Gasteiger partial charge in [-0.25, -0.2) is 4.79 Å². The zero-order chi connectivity index (χ0) is 8.85. The molecule has 0 bridgehead atoms. The molecule has 3 nitrogen and oxygen atoms in total. The molecular weight excluding hydrogens is 144 g/mol. The van der Waals surface area contributed by atoms with Gasteiger partial charge in [-0.05, 0) is 19.9 Å². The summed E-state index contributed by atoms with van der Waals surface area (Å²) < 4.78 is 0. The van der Waals surface area contributed by atoms with Gasteiger partial charge in [0.1, 0.15) is 5.57 Å². The Morgan fingerprint density at radius 2 is 1.82 bits per heavy atom. The van der Waals surface area contributed by atoms with Crippen molar-refractivity contribution in [3.05, 3.63) is 23.8 Å². The van der Waals surface area contributed by atoms with E-state index in [1.54, 1.807) is 6.92 Å². The van der Waals surface area contributed by atoms with Crippen molar-refractivity contribution in [3.8, 4) is 0 Å². The zero-order valence-corrected chi connectivity index (χ0v) is 6.50. The normalized spacial score (nSPS) is 12.0. The molecule has 0 rings (SSSR count). The van der Waals surface area contributed by atoms with Crippen LogP contribution in [0.2, 0.25) is 0 Å². The first-order valence-electron chi connectivity index (χ1n) is 3.20. The van der Waals surface area contributed by atoms with E-state index >= 15 is 0 Å². The molecule has 0 radical (unpaired) electrons. The number of allylic oxidation sites excluding steroid dienone is 3. The van der Waals surface area contributed by atoms with Crippen LogP contribution in [0, 0.1) is 0 Å². The first kappa shape index (κ1) is 9.62. The van der Waals surface area contributed by atoms with Crippen LogP contribution in [-0.2, 0) is 9.59 Å². The van der Waals surface area contributed by atoms with Gasteiger partial charge in [0.05, 0.1) is 0 Å². The minimum Gasteiger partial charge on any atom is -0.478 e. The zero-order valence-electron chi connectivity index (χ0n) is 6.50. The van der Waals surface area contributed by atoms with Gasteiger partial charge < -0.3 is 5.11 Å². The third-order valence-corrected chi connectivity index (χ3v) is 1.10. The molecule has 0 heterocycles. The van der Waals surface area contributed by atoms with E-state index < -0.39 is 11.8 Å². The largest absolute Gasteiger partial charge is 0.478 e. The Morgan fingerprint density at radius 1 is 1.27 bits per heavy atom. The lowest BCUT2D eigenvalue weighted by Crippen LogP contribution is -2.09. The van der Waals surface area contributed by atoms with Crippen LogP contribution in [0.4, 0.5) is 0 Å². The van der Waals surface area contributed by atoms with Crippen molar-refractivity contribution in [1.29, 1.82) is 0 Å². The Morgan fingerprint density at radius 3 is 2.09 bits per heavy atom. The van der Waals surface area contributed by atoms with Gasteiger partial charge in [-0.2, -0.15) is 0 Å². The third kappa shape index (κ3) is 2.80. The molecule has 0 spiro atoms. The molecule has 0 saturated heterocycles. The molecule has 0 fully saturated rings. The third-order valence-electron chi connectivity index (χ3n) is 1.10. The summed E-state index contributed by atoms with van der Waals surface area (Å²) >= 11 is 0. The number of carbonyl (C=O) groups excluding carboxylic acids is 1. The van der Waals surface area contributed by atoms with Crippen molar-refractivity contribution >= 4 is 11.8 Å². The summed E-state index contributed by atoms with van der Waals surface area (Å²) in [5, 5.41) is 8.45. The van der Waals surface area contributed by atoms with E-state index in [4.69, 9.17) is 5.11 Å². The van der Waals surface area contributed by atoms with Crippen molar-refractivity contribution in [2.75, 3.05) is 0 Å². The summed E-state index contributed by atoms with van der Waals surface area (Å²) in [7, 11) is 0. The molecule has 0 aliphatic heterocycles. The highest BCUT2D eigenvalue weighted by Crippen LogP contribution is 1.97. The summed E-state index contributed by atoms with van der Waals surface area (Å²) in [4.78, 5) is 21.2. The van der Waals surface area contributed by atoms with E-state index in [0.29, 0.717) is 0 Å². The van der Waals surface area contributed by atoms with Crippen LogP contribution in [0.25, 0.3) is 0 Å². The van der Waals surface area contributed by atoms with Gasteiger partial charge in [-0.1, -0.05) is 12.2 Å². The first-order valence-corrected chi connectivity index (χ1v) is 3.20. The van der Waals surface area contributed by atoms with Crippen LogP contribution < -0.4 is 0 Å². The van der Waals surface area contributed by atoms with Crippen LogP contribution in [0.3, 0.4) is 0 Å². The van der Waals surface area contributed by atoms with Crippen molar-refractivity contribution in [2.45, 2.75) is 13.8 Å². The summed E-state index contributed by atoms with van der Waals surface area (Å²) in [5.74, 6) is -1.65. The Kier molecular flexibility index (Phi) is 3.88. The van der Waals surface area contributed by atoms with E-state index in [2.05, 4.69) is 0 Å². The number of hydrogen-bond acceptors (Lipinski definition) is 2. The average Bonchev–Trinajstić information content (AvgIpc) is 1.88. The SMILES string of the molecule is C/C=C(\C(=O)O)C(=O)/C=C/C. The summed E-state index contributed by atoms with van der Waals surface area (Å²) in [6, 6.07) is 0. The van der Waals surface area contributed by atoms with Gasteiger partial charge in [0.2, 0.25) is 0 Å². The maximum atomic E-state index is 10.9. The molecule has 0 amide bonds. The molecule has 0 atom stereocenters. The number of aliphatic carboxylic acids is 1. The fourth-order valence-electron chi connectivity index (χ4n) is 0.612. The highest BCUT2D eigenvalue weighted by Gasteiger charge is 2.11. The summed E-state index contributed by atoms with van der Waals surface area (Å²) in [5.41, 5.74) is -0.192. The number of rotatable bonds is 3. The molecule has 0 aromatic rings. The van der Waals surface area contributed by atoms with Crippen LogP contribution in [-0.4, -0.2) is 16.9 Å². The Hall–Kier alpha value is -1.38. The van der Waals surface area contributed by atoms with Crippen LogP contribution in [0.15, 0.2) is 23.8 Å². The molecule has 0 aromatic heterocycles. The molecule has 0 aromatic carbocycles. The minimum atomic E-state index is -1.18. The average molecular weight is 154 g/mol. The van der Waals surface area contributed by atoms with Gasteiger partial charge in [-0.3, -0.25) is 4.79 Å². The molecule has 3 heteroatoms. The molecule has 11 heavy (non-hydrogen) atoms. The lowest BCUT2D eigenvalue weighted by molar-refractivity contribution is -0.134. The molecular formula is C8H10O3. The number of carboxylic acid groups (broad SMARTS) is 1. The van der Waals surface area contributed by atoms with Crippen molar-refractivity contribution in [3.63, 3.8) is 0 Å². The lowest BCUT2D eigenvalue weighted by Gasteiger charge is -1.92. The summed E-state index contributed by atoms with van der Waals surface area (Å²) in [6.07, 6.45) is 4.02. The fourth-order valence-corrected chi connectivity index (χ4v) is 0.612. The maximum absolute atomic E-state index is 10.9. The molecule has 60 valence electrons. The second kappa shape index (κ2) is 4.44. The molecule has 1 N–H and O–H groups in total. The highest BCUT2D eigenvalue weighted by molar-refractivity contribution is 6.20. The lowest BCUT2D eigenvalue weighted by atomic mass is 10.1. The van der Waals surface area contributed by atoms with E-state index in [-0.39, 0.29) is 5.57 Å². The topological polar surface area (TPSA) is 54.4 Å². The van der Waals surface area contributed by atoms with Crippen LogP contribution in [0.1, 0.15) is 13.8 Å². The number of carbonyl (C=O) groups is 2. The number of carboxylic acids is 1.